The van der Waals surface area contributed by atoms with Gasteiger partial charge in [-0.2, -0.15) is 0 Å². The largest absolute Gasteiger partial charge is 0.483 e. The molecule has 0 aliphatic carbocycles. The lowest BCUT2D eigenvalue weighted by Gasteiger charge is -2.27. The van der Waals surface area contributed by atoms with Gasteiger partial charge in [-0.05, 0) is 48.9 Å². The predicted octanol–water partition coefficient (Wildman–Crippen LogP) is 4.35. The minimum Gasteiger partial charge on any atom is -0.483 e. The lowest BCUT2D eigenvalue weighted by atomic mass is 9.89. The second-order valence-corrected chi connectivity index (χ2v) is 4.56. The molecule has 1 aromatic rings. The summed E-state index contributed by atoms with van der Waals surface area (Å²) in [6.45, 7) is 11.0. The Hall–Kier alpha value is -1.46. The Morgan fingerprint density at radius 3 is 2.09 bits per heavy atom. The molecule has 1 atom stereocenters. The molecule has 0 aromatic heterocycles. The first-order valence-electron chi connectivity index (χ1n) is 8.19. The molecule has 1 fully saturated rings. The van der Waals surface area contributed by atoms with Crippen molar-refractivity contribution >= 4 is 6.47 Å². The Morgan fingerprint density at radius 1 is 1.17 bits per heavy atom. The molecule has 0 amide bonds. The van der Waals surface area contributed by atoms with Crippen molar-refractivity contribution in [1.82, 2.24) is 0 Å². The number of benzene rings is 1. The monoisotopic (exact) mass is 330 g/mol. The molecule has 4 nitrogen and oxygen atoms in total. The summed E-state index contributed by atoms with van der Waals surface area (Å²) in [5, 5.41) is 17.1. The SMILES string of the molecule is CC.CC.Cc1cc(F)cc(C(O)C2CCOCC2)c1.O=CO. The second-order valence-electron chi connectivity index (χ2n) is 4.56. The molecule has 1 saturated heterocycles. The van der Waals surface area contributed by atoms with Crippen molar-refractivity contribution in [3.63, 3.8) is 0 Å². The van der Waals surface area contributed by atoms with Crippen LogP contribution in [0, 0.1) is 18.7 Å². The van der Waals surface area contributed by atoms with Gasteiger partial charge in [0.05, 0.1) is 6.10 Å². The molecular formula is C18H31FO4. The molecule has 0 radical (unpaired) electrons. The molecule has 2 rings (SSSR count). The first kappa shape index (κ1) is 23.8. The van der Waals surface area contributed by atoms with Gasteiger partial charge in [-0.25, -0.2) is 4.39 Å². The summed E-state index contributed by atoms with van der Waals surface area (Å²) in [5.41, 5.74) is 1.53. The smallest absolute Gasteiger partial charge is 0.290 e. The van der Waals surface area contributed by atoms with Crippen molar-refractivity contribution in [2.45, 2.75) is 53.6 Å². The van der Waals surface area contributed by atoms with Crippen LogP contribution in [0.2, 0.25) is 0 Å². The average molecular weight is 330 g/mol. The van der Waals surface area contributed by atoms with E-state index in [1.54, 1.807) is 0 Å². The maximum absolute atomic E-state index is 13.2. The fourth-order valence-electron chi connectivity index (χ4n) is 2.24. The third-order valence-corrected chi connectivity index (χ3v) is 3.12. The molecule has 1 aliphatic heterocycles. The number of halogens is 1. The van der Waals surface area contributed by atoms with Gasteiger partial charge in [0.2, 0.25) is 0 Å². The highest BCUT2D eigenvalue weighted by Crippen LogP contribution is 2.30. The van der Waals surface area contributed by atoms with E-state index in [0.29, 0.717) is 18.8 Å². The Balaban J connectivity index is 0. The van der Waals surface area contributed by atoms with E-state index in [1.165, 1.54) is 12.1 Å². The van der Waals surface area contributed by atoms with Crippen LogP contribution in [0.3, 0.4) is 0 Å². The highest BCUT2D eigenvalue weighted by Gasteiger charge is 2.23. The zero-order valence-corrected chi connectivity index (χ0v) is 14.9. The topological polar surface area (TPSA) is 66.8 Å². The van der Waals surface area contributed by atoms with Gasteiger partial charge in [0.1, 0.15) is 5.82 Å². The number of carbonyl (C=O) groups is 1. The Morgan fingerprint density at radius 2 is 1.65 bits per heavy atom. The van der Waals surface area contributed by atoms with Crippen LogP contribution < -0.4 is 0 Å². The van der Waals surface area contributed by atoms with Crippen LogP contribution >= 0.6 is 0 Å². The number of ether oxygens (including phenoxy) is 1. The van der Waals surface area contributed by atoms with Gasteiger partial charge in [-0.15, -0.1) is 0 Å². The van der Waals surface area contributed by atoms with Crippen LogP contribution in [0.1, 0.15) is 57.8 Å². The third-order valence-electron chi connectivity index (χ3n) is 3.12. The van der Waals surface area contributed by atoms with Crippen LogP contribution in [0.5, 0.6) is 0 Å². The number of hydrogen-bond donors (Lipinski definition) is 2. The maximum Gasteiger partial charge on any atom is 0.290 e. The Kier molecular flexibility index (Phi) is 16.0. The normalized spacial score (nSPS) is 14.7. The molecule has 1 aromatic carbocycles. The number of carboxylic acid groups (broad SMARTS) is 1. The van der Waals surface area contributed by atoms with Crippen molar-refractivity contribution in [2.75, 3.05) is 13.2 Å². The highest BCUT2D eigenvalue weighted by atomic mass is 19.1. The maximum atomic E-state index is 13.2. The molecule has 5 heteroatoms. The summed E-state index contributed by atoms with van der Waals surface area (Å²) in [7, 11) is 0. The van der Waals surface area contributed by atoms with Gasteiger partial charge < -0.3 is 14.9 Å². The van der Waals surface area contributed by atoms with E-state index in [9.17, 15) is 9.50 Å². The molecule has 1 unspecified atom stereocenters. The number of hydrogen-bond acceptors (Lipinski definition) is 3. The lowest BCUT2D eigenvalue weighted by molar-refractivity contribution is -0.122. The number of rotatable bonds is 2. The molecular weight excluding hydrogens is 299 g/mol. The van der Waals surface area contributed by atoms with Gasteiger partial charge in [-0.3, -0.25) is 4.79 Å². The van der Waals surface area contributed by atoms with Crippen LogP contribution in [-0.2, 0) is 9.53 Å². The number of aliphatic hydroxyl groups excluding tert-OH is 1. The molecule has 2 N–H and O–H groups in total. The first-order valence-corrected chi connectivity index (χ1v) is 8.19. The first-order chi connectivity index (χ1) is 11.1. The summed E-state index contributed by atoms with van der Waals surface area (Å²) in [6, 6.07) is 4.75. The van der Waals surface area contributed by atoms with Crippen molar-refractivity contribution < 1.29 is 24.1 Å². The fourth-order valence-corrected chi connectivity index (χ4v) is 2.24. The molecule has 0 spiro atoms. The summed E-state index contributed by atoms with van der Waals surface area (Å²) in [5.74, 6) is -0.0870. The molecule has 0 saturated carbocycles. The van der Waals surface area contributed by atoms with Crippen LogP contribution in [0.25, 0.3) is 0 Å². The van der Waals surface area contributed by atoms with Crippen molar-refractivity contribution in [2.24, 2.45) is 5.92 Å². The highest BCUT2D eigenvalue weighted by molar-refractivity contribution is 5.32. The molecule has 1 aliphatic rings. The number of aryl methyl sites for hydroxylation is 1. The summed E-state index contributed by atoms with van der Waals surface area (Å²) < 4.78 is 18.5. The fraction of sp³-hybridized carbons (Fsp3) is 0.611. The van der Waals surface area contributed by atoms with Crippen molar-refractivity contribution in [1.29, 1.82) is 0 Å². The van der Waals surface area contributed by atoms with Gasteiger partial charge in [-0.1, -0.05) is 33.8 Å². The molecule has 0 bridgehead atoms. The second kappa shape index (κ2) is 15.4. The van der Waals surface area contributed by atoms with Gasteiger partial charge in [0.15, 0.2) is 0 Å². The van der Waals surface area contributed by atoms with Crippen molar-refractivity contribution in [3.8, 4) is 0 Å². The predicted molar refractivity (Wildman–Crippen MR) is 91.0 cm³/mol. The van der Waals surface area contributed by atoms with E-state index in [2.05, 4.69) is 0 Å². The van der Waals surface area contributed by atoms with Crippen LogP contribution in [-0.4, -0.2) is 29.9 Å². The zero-order valence-electron chi connectivity index (χ0n) is 14.9. The lowest BCUT2D eigenvalue weighted by Crippen LogP contribution is -2.22. The van der Waals surface area contributed by atoms with Crippen molar-refractivity contribution in [3.05, 3.63) is 35.1 Å². The standard InChI is InChI=1S/C13H17FO2.2C2H6.CH2O2/c1-9-6-11(8-12(14)7-9)13(15)10-2-4-16-5-3-10;2*1-2;2-1-3/h6-8,10,13,15H,2-5H2,1H3;2*1-2H3;1H,(H,2,3). The summed E-state index contributed by atoms with van der Waals surface area (Å²) in [4.78, 5) is 8.36. The summed E-state index contributed by atoms with van der Waals surface area (Å²) in [6.07, 6.45) is 1.12. The number of aliphatic hydroxyl groups is 1. The van der Waals surface area contributed by atoms with E-state index < -0.39 is 6.10 Å². The van der Waals surface area contributed by atoms with Gasteiger partial charge >= 0.3 is 0 Å². The van der Waals surface area contributed by atoms with E-state index in [1.807, 2.05) is 40.7 Å². The molecule has 1 heterocycles. The van der Waals surface area contributed by atoms with Gasteiger partial charge in [0.25, 0.3) is 6.47 Å². The van der Waals surface area contributed by atoms with E-state index in [4.69, 9.17) is 14.6 Å². The van der Waals surface area contributed by atoms with Crippen LogP contribution in [0.15, 0.2) is 18.2 Å². The van der Waals surface area contributed by atoms with Crippen LogP contribution in [0.4, 0.5) is 4.39 Å². The van der Waals surface area contributed by atoms with Gasteiger partial charge in [0, 0.05) is 13.2 Å². The quantitative estimate of drug-likeness (QED) is 0.791. The van der Waals surface area contributed by atoms with E-state index in [0.717, 1.165) is 18.4 Å². The zero-order chi connectivity index (χ0) is 18.3. The average Bonchev–Trinajstić information content (AvgIpc) is 2.58. The van der Waals surface area contributed by atoms with E-state index in [-0.39, 0.29) is 18.2 Å². The Bertz CT molecular complexity index is 384. The third kappa shape index (κ3) is 10.0. The summed E-state index contributed by atoms with van der Waals surface area (Å²) >= 11 is 0. The minimum atomic E-state index is -0.571. The molecule has 23 heavy (non-hydrogen) atoms. The Labute approximate surface area is 139 Å². The minimum absolute atomic E-state index is 0.190. The van der Waals surface area contributed by atoms with E-state index >= 15 is 0 Å². The molecule has 134 valence electrons.